The highest BCUT2D eigenvalue weighted by Crippen LogP contribution is 2.49. The zero-order chi connectivity index (χ0) is 21.0. The average Bonchev–Trinajstić information content (AvgIpc) is 3.52. The van der Waals surface area contributed by atoms with E-state index in [0.717, 1.165) is 19.3 Å². The van der Waals surface area contributed by atoms with Crippen LogP contribution in [0.2, 0.25) is 0 Å². The Morgan fingerprint density at radius 1 is 1.23 bits per heavy atom. The minimum absolute atomic E-state index is 0.0802. The van der Waals surface area contributed by atoms with Gasteiger partial charge in [-0.25, -0.2) is 4.39 Å². The molecule has 0 radical (unpaired) electrons. The molecular weight excluding hydrogens is 408 g/mol. The van der Waals surface area contributed by atoms with Crippen LogP contribution in [-0.4, -0.2) is 28.3 Å². The van der Waals surface area contributed by atoms with Gasteiger partial charge in [0.15, 0.2) is 0 Å². The Morgan fingerprint density at radius 3 is 2.77 bits per heavy atom. The third-order valence-electron chi connectivity index (χ3n) is 5.92. The summed E-state index contributed by atoms with van der Waals surface area (Å²) >= 11 is 0. The van der Waals surface area contributed by atoms with E-state index in [-0.39, 0.29) is 16.7 Å². The van der Waals surface area contributed by atoms with Crippen LogP contribution in [-0.2, 0) is 9.36 Å². The van der Waals surface area contributed by atoms with E-state index in [9.17, 15) is 23.7 Å². The summed E-state index contributed by atoms with van der Waals surface area (Å²) < 4.78 is 30.7. The number of aliphatic hydroxyl groups is 1. The second-order valence-electron chi connectivity index (χ2n) is 8.02. The molecule has 5 rings (SSSR count). The van der Waals surface area contributed by atoms with E-state index < -0.39 is 31.3 Å². The van der Waals surface area contributed by atoms with E-state index in [1.165, 1.54) is 29.2 Å². The van der Waals surface area contributed by atoms with E-state index in [1.807, 2.05) is 0 Å². The van der Waals surface area contributed by atoms with Crippen molar-refractivity contribution in [1.29, 1.82) is 0 Å². The van der Waals surface area contributed by atoms with Gasteiger partial charge in [-0.05, 0) is 42.7 Å². The van der Waals surface area contributed by atoms with Crippen LogP contribution in [0, 0.1) is 17.7 Å². The smallest absolute Gasteiger partial charge is 0.345 e. The molecule has 9 heteroatoms. The van der Waals surface area contributed by atoms with Crippen molar-refractivity contribution in [2.24, 2.45) is 16.6 Å². The first-order chi connectivity index (χ1) is 14.3. The molecule has 3 unspecified atom stereocenters. The van der Waals surface area contributed by atoms with Crippen molar-refractivity contribution in [1.82, 2.24) is 0 Å². The number of hydrogen-bond acceptors (Lipinski definition) is 4. The second kappa shape index (κ2) is 7.01. The summed E-state index contributed by atoms with van der Waals surface area (Å²) in [4.78, 5) is 25.4. The number of hydrogen-bond donors (Lipinski definition) is 3. The number of anilines is 2. The van der Waals surface area contributed by atoms with Gasteiger partial charge in [0.05, 0.1) is 17.1 Å². The van der Waals surface area contributed by atoms with Gasteiger partial charge in [0, 0.05) is 17.8 Å². The molecule has 0 spiro atoms. The quantitative estimate of drug-likeness (QED) is 0.649. The monoisotopic (exact) mass is 429 g/mol. The Balaban J connectivity index is 1.57. The molecule has 30 heavy (non-hydrogen) atoms. The highest BCUT2D eigenvalue weighted by Gasteiger charge is 2.45. The van der Waals surface area contributed by atoms with Crippen LogP contribution in [0.3, 0.4) is 0 Å². The molecule has 2 aliphatic heterocycles. The van der Waals surface area contributed by atoms with Crippen molar-refractivity contribution in [2.75, 3.05) is 16.8 Å². The standard InChI is InChI=1S/C21H21FN3O4P/c22-13-7-8-16-14(11-13)19(26)18(21(27)25(16)10-9-12-5-6-12)20-23-15-3-1-2-4-17(15)30(28,29)24-20/h1-4,7-8,11-12,18-19,26H,5-6,9-10H2,(H2,23,24,28,29). The van der Waals surface area contributed by atoms with Crippen LogP contribution in [0.5, 0.6) is 0 Å². The van der Waals surface area contributed by atoms with Gasteiger partial charge in [0.25, 0.3) is 0 Å². The summed E-state index contributed by atoms with van der Waals surface area (Å²) in [6.45, 7) is 0.437. The van der Waals surface area contributed by atoms with Crippen LogP contribution in [0.1, 0.15) is 30.9 Å². The fraction of sp³-hybridized carbons (Fsp3) is 0.333. The number of nitrogens with one attached hydrogen (secondary N) is 1. The number of fused-ring (bicyclic) bond motifs is 2. The molecule has 1 saturated carbocycles. The first-order valence-corrected chi connectivity index (χ1v) is 11.5. The van der Waals surface area contributed by atoms with E-state index in [0.29, 0.717) is 23.8 Å². The minimum atomic E-state index is -4.12. The first kappa shape index (κ1) is 19.4. The van der Waals surface area contributed by atoms with Gasteiger partial charge < -0.3 is 20.2 Å². The lowest BCUT2D eigenvalue weighted by atomic mass is 9.87. The van der Waals surface area contributed by atoms with Gasteiger partial charge in [-0.15, -0.1) is 0 Å². The largest absolute Gasteiger partial charge is 0.387 e. The summed E-state index contributed by atoms with van der Waals surface area (Å²) in [6.07, 6.45) is 1.68. The van der Waals surface area contributed by atoms with Crippen molar-refractivity contribution >= 4 is 35.9 Å². The van der Waals surface area contributed by atoms with Crippen molar-refractivity contribution in [3.8, 4) is 0 Å². The number of nitrogens with zero attached hydrogens (tertiary/aromatic N) is 2. The van der Waals surface area contributed by atoms with Gasteiger partial charge in [-0.3, -0.25) is 9.36 Å². The minimum Gasteiger partial charge on any atom is -0.387 e. The molecule has 3 aliphatic rings. The third kappa shape index (κ3) is 3.25. The Bertz CT molecular complexity index is 1120. The highest BCUT2D eigenvalue weighted by molar-refractivity contribution is 7.65. The lowest BCUT2D eigenvalue weighted by molar-refractivity contribution is -0.124. The highest BCUT2D eigenvalue weighted by atomic mass is 31.2. The predicted octanol–water partition coefficient (Wildman–Crippen LogP) is 2.96. The van der Waals surface area contributed by atoms with Crippen LogP contribution in [0.15, 0.2) is 47.2 Å². The second-order valence-corrected chi connectivity index (χ2v) is 9.79. The fourth-order valence-corrected chi connectivity index (χ4v) is 5.46. The molecule has 2 heterocycles. The molecule has 1 aliphatic carbocycles. The number of aliphatic hydroxyl groups excluding tert-OH is 1. The molecule has 0 bridgehead atoms. The number of carbonyl (C=O) groups excluding carboxylic acids is 1. The number of benzene rings is 2. The lowest BCUT2D eigenvalue weighted by Crippen LogP contribution is -2.49. The first-order valence-electron chi connectivity index (χ1n) is 9.93. The van der Waals surface area contributed by atoms with Crippen molar-refractivity contribution in [2.45, 2.75) is 25.4 Å². The zero-order valence-electron chi connectivity index (χ0n) is 16.0. The molecule has 7 nitrogen and oxygen atoms in total. The zero-order valence-corrected chi connectivity index (χ0v) is 16.9. The molecule has 3 N–H and O–H groups in total. The van der Waals surface area contributed by atoms with Crippen LogP contribution in [0.25, 0.3) is 0 Å². The topological polar surface area (TPSA) is 102 Å². The summed E-state index contributed by atoms with van der Waals surface area (Å²) in [5, 5.41) is 14.1. The maximum atomic E-state index is 14.0. The van der Waals surface area contributed by atoms with Crippen LogP contribution >= 0.6 is 7.52 Å². The van der Waals surface area contributed by atoms with E-state index in [2.05, 4.69) is 10.1 Å². The SMILES string of the molecule is O=C1C(C2=NP(=O)(O)c3ccccc3N2)C(O)c2cc(F)ccc2N1CCC1CC1. The van der Waals surface area contributed by atoms with Crippen molar-refractivity contribution < 1.29 is 23.7 Å². The summed E-state index contributed by atoms with van der Waals surface area (Å²) in [6, 6.07) is 10.4. The summed E-state index contributed by atoms with van der Waals surface area (Å²) in [5.41, 5.74) is 1.10. The van der Waals surface area contributed by atoms with E-state index in [1.54, 1.807) is 18.2 Å². The maximum Gasteiger partial charge on any atom is 0.345 e. The number of carbonyl (C=O) groups is 1. The molecule has 1 fully saturated rings. The number of halogens is 1. The number of amides is 1. The van der Waals surface area contributed by atoms with Gasteiger partial charge in [0.1, 0.15) is 17.6 Å². The van der Waals surface area contributed by atoms with Gasteiger partial charge in [-0.2, -0.15) is 4.76 Å². The fourth-order valence-electron chi connectivity index (χ4n) is 4.16. The molecule has 0 aromatic heterocycles. The third-order valence-corrected chi connectivity index (χ3v) is 7.43. The van der Waals surface area contributed by atoms with Crippen LogP contribution < -0.4 is 15.5 Å². The average molecular weight is 429 g/mol. The normalized spacial score (nSPS) is 27.8. The van der Waals surface area contributed by atoms with Gasteiger partial charge in [0.2, 0.25) is 5.91 Å². The number of rotatable bonds is 4. The lowest BCUT2D eigenvalue weighted by Gasteiger charge is -2.39. The Hall–Kier alpha value is -2.54. The number of amidine groups is 1. The molecule has 2 aromatic carbocycles. The summed E-state index contributed by atoms with van der Waals surface area (Å²) in [7, 11) is -4.12. The number of para-hydroxylation sites is 1. The summed E-state index contributed by atoms with van der Waals surface area (Å²) in [5.74, 6) is -1.69. The Morgan fingerprint density at radius 2 is 2.00 bits per heavy atom. The Kier molecular flexibility index (Phi) is 4.54. The van der Waals surface area contributed by atoms with Crippen molar-refractivity contribution in [3.63, 3.8) is 0 Å². The molecule has 0 saturated heterocycles. The maximum absolute atomic E-state index is 14.0. The molecule has 2 aromatic rings. The van der Waals surface area contributed by atoms with Crippen LogP contribution in [0.4, 0.5) is 15.8 Å². The molecule has 3 atom stereocenters. The molecule has 1 amide bonds. The van der Waals surface area contributed by atoms with Crippen molar-refractivity contribution in [3.05, 3.63) is 53.8 Å². The molecular formula is C21H21FN3O4P. The van der Waals surface area contributed by atoms with E-state index >= 15 is 0 Å². The Labute approximate surface area is 172 Å². The predicted molar refractivity (Wildman–Crippen MR) is 112 cm³/mol. The van der Waals surface area contributed by atoms with Gasteiger partial charge >= 0.3 is 7.52 Å². The molecule has 156 valence electrons. The van der Waals surface area contributed by atoms with E-state index in [4.69, 9.17) is 0 Å². The van der Waals surface area contributed by atoms with Gasteiger partial charge in [-0.1, -0.05) is 25.0 Å².